The fraction of sp³-hybridized carbons (Fsp3) is 0.562. The van der Waals surface area contributed by atoms with Gasteiger partial charge in [-0.2, -0.15) is 0 Å². The Morgan fingerprint density at radius 1 is 1.44 bits per heavy atom. The van der Waals surface area contributed by atoms with Gasteiger partial charge in [0.2, 0.25) is 5.60 Å². The van der Waals surface area contributed by atoms with E-state index >= 15 is 0 Å². The zero-order valence-corrected chi connectivity index (χ0v) is 16.9. The molecule has 25 heavy (non-hydrogen) atoms. The van der Waals surface area contributed by atoms with Crippen molar-refractivity contribution in [2.75, 3.05) is 18.5 Å². The van der Waals surface area contributed by atoms with Gasteiger partial charge in [0.25, 0.3) is 5.69 Å². The molecule has 9 heteroatoms. The van der Waals surface area contributed by atoms with E-state index in [1.54, 1.807) is 0 Å². The summed E-state index contributed by atoms with van der Waals surface area (Å²) in [7, 11) is -2.07. The van der Waals surface area contributed by atoms with Gasteiger partial charge in [-0.1, -0.05) is 33.0 Å². The van der Waals surface area contributed by atoms with Crippen LogP contribution in [0.3, 0.4) is 0 Å². The zero-order valence-electron chi connectivity index (χ0n) is 15.1. The SMILES string of the molecule is CC(C)(C)[Si](C)(C)OCC1(CO)Oc2ccc([N+](=O)[O-])cc2NC1=S. The van der Waals surface area contributed by atoms with E-state index in [4.69, 9.17) is 21.4 Å². The second-order valence-electron chi connectivity index (χ2n) is 7.70. The number of benzene rings is 1. The van der Waals surface area contributed by atoms with Crippen molar-refractivity contribution < 1.29 is 19.2 Å². The molecule has 2 rings (SSSR count). The molecule has 0 bridgehead atoms. The van der Waals surface area contributed by atoms with E-state index in [0.29, 0.717) is 11.4 Å². The summed E-state index contributed by atoms with van der Waals surface area (Å²) < 4.78 is 12.1. The normalized spacial score (nSPS) is 20.5. The van der Waals surface area contributed by atoms with Crippen molar-refractivity contribution in [1.29, 1.82) is 0 Å². The Kier molecular flexibility index (Phi) is 5.25. The number of hydrogen-bond acceptors (Lipinski definition) is 6. The molecule has 0 aliphatic carbocycles. The van der Waals surface area contributed by atoms with Gasteiger partial charge in [0.1, 0.15) is 10.7 Å². The second kappa shape index (κ2) is 6.64. The first-order valence-electron chi connectivity index (χ1n) is 7.96. The number of thiocarbonyl (C=S) groups is 1. The second-order valence-corrected chi connectivity index (χ2v) is 12.9. The first kappa shape index (κ1) is 19.8. The van der Waals surface area contributed by atoms with Crippen molar-refractivity contribution in [2.24, 2.45) is 0 Å². The fourth-order valence-corrected chi connectivity index (χ4v) is 3.37. The molecule has 1 unspecified atom stereocenters. The molecule has 1 atom stereocenters. The molecule has 0 fully saturated rings. The van der Waals surface area contributed by atoms with Gasteiger partial charge in [0, 0.05) is 12.1 Å². The Morgan fingerprint density at radius 3 is 2.60 bits per heavy atom. The molecule has 0 spiro atoms. The number of nitrogens with one attached hydrogen (secondary N) is 1. The van der Waals surface area contributed by atoms with Crippen molar-refractivity contribution in [1.82, 2.24) is 0 Å². The van der Waals surface area contributed by atoms with E-state index in [1.165, 1.54) is 18.2 Å². The molecule has 1 aliphatic rings. The Labute approximate surface area is 153 Å². The van der Waals surface area contributed by atoms with Gasteiger partial charge in [0.05, 0.1) is 23.8 Å². The summed E-state index contributed by atoms with van der Waals surface area (Å²) in [5, 5.41) is 23.8. The number of aliphatic hydroxyl groups excluding tert-OH is 1. The summed E-state index contributed by atoms with van der Waals surface area (Å²) in [4.78, 5) is 10.7. The average Bonchev–Trinajstić information content (AvgIpc) is 2.51. The fourth-order valence-electron chi connectivity index (χ4n) is 2.07. The Hall–Kier alpha value is -1.55. The molecule has 0 amide bonds. The summed E-state index contributed by atoms with van der Waals surface area (Å²) in [6, 6.07) is 4.21. The van der Waals surface area contributed by atoms with E-state index in [2.05, 4.69) is 39.2 Å². The number of hydrogen-bond donors (Lipinski definition) is 2. The van der Waals surface area contributed by atoms with Crippen LogP contribution in [0.25, 0.3) is 0 Å². The first-order valence-corrected chi connectivity index (χ1v) is 11.3. The van der Waals surface area contributed by atoms with Crippen LogP contribution in [0.4, 0.5) is 11.4 Å². The van der Waals surface area contributed by atoms with E-state index in [9.17, 15) is 15.2 Å². The quantitative estimate of drug-likeness (QED) is 0.347. The van der Waals surface area contributed by atoms with Crippen LogP contribution in [0.15, 0.2) is 18.2 Å². The third-order valence-electron chi connectivity index (χ3n) is 4.87. The lowest BCUT2D eigenvalue weighted by Gasteiger charge is -2.42. The lowest BCUT2D eigenvalue weighted by molar-refractivity contribution is -0.384. The molecule has 0 radical (unpaired) electrons. The van der Waals surface area contributed by atoms with Crippen LogP contribution in [-0.2, 0) is 4.43 Å². The van der Waals surface area contributed by atoms with Gasteiger partial charge in [0.15, 0.2) is 8.32 Å². The minimum atomic E-state index is -2.07. The van der Waals surface area contributed by atoms with Crippen molar-refractivity contribution in [3.05, 3.63) is 28.3 Å². The van der Waals surface area contributed by atoms with E-state index < -0.39 is 18.8 Å². The number of fused-ring (bicyclic) bond motifs is 1. The van der Waals surface area contributed by atoms with Crippen LogP contribution in [0.5, 0.6) is 5.75 Å². The number of nitro benzene ring substituents is 1. The van der Waals surface area contributed by atoms with Gasteiger partial charge in [-0.25, -0.2) is 0 Å². The molecule has 0 saturated carbocycles. The number of nitro groups is 1. The van der Waals surface area contributed by atoms with Crippen molar-refractivity contribution in [3.63, 3.8) is 0 Å². The highest BCUT2D eigenvalue weighted by Crippen LogP contribution is 2.40. The lowest BCUT2D eigenvalue weighted by Crippen LogP contribution is -2.58. The molecular formula is C16H24N2O5SSi. The van der Waals surface area contributed by atoms with Crippen LogP contribution in [0.1, 0.15) is 20.8 Å². The number of non-ortho nitro benzene ring substituents is 1. The van der Waals surface area contributed by atoms with Crippen LogP contribution >= 0.6 is 12.2 Å². The molecule has 1 aliphatic heterocycles. The Morgan fingerprint density at radius 2 is 2.08 bits per heavy atom. The molecule has 1 heterocycles. The summed E-state index contributed by atoms with van der Waals surface area (Å²) in [5.74, 6) is 0.395. The molecule has 0 saturated heterocycles. The van der Waals surface area contributed by atoms with E-state index in [1.807, 2.05) is 0 Å². The van der Waals surface area contributed by atoms with E-state index in [-0.39, 0.29) is 28.9 Å². The molecule has 138 valence electrons. The smallest absolute Gasteiger partial charge is 0.271 e. The highest BCUT2D eigenvalue weighted by Gasteiger charge is 2.46. The van der Waals surface area contributed by atoms with Crippen LogP contribution < -0.4 is 10.1 Å². The van der Waals surface area contributed by atoms with Gasteiger partial charge in [-0.3, -0.25) is 10.1 Å². The minimum Gasteiger partial charge on any atom is -0.473 e. The first-order chi connectivity index (χ1) is 11.4. The van der Waals surface area contributed by atoms with Gasteiger partial charge < -0.3 is 19.6 Å². The number of anilines is 1. The maximum atomic E-state index is 10.9. The summed E-state index contributed by atoms with van der Waals surface area (Å²) >= 11 is 5.37. The summed E-state index contributed by atoms with van der Waals surface area (Å²) in [5.41, 5.74) is -0.851. The molecule has 7 nitrogen and oxygen atoms in total. The monoisotopic (exact) mass is 384 g/mol. The predicted octanol–water partition coefficient (Wildman–Crippen LogP) is 3.48. The molecule has 0 aromatic heterocycles. The van der Waals surface area contributed by atoms with Gasteiger partial charge >= 0.3 is 0 Å². The molecule has 1 aromatic rings. The van der Waals surface area contributed by atoms with Gasteiger partial charge in [-0.05, 0) is 24.2 Å². The number of nitrogens with zero attached hydrogens (tertiary/aromatic N) is 1. The number of ether oxygens (including phenoxy) is 1. The topological polar surface area (TPSA) is 93.9 Å². The van der Waals surface area contributed by atoms with E-state index in [0.717, 1.165) is 0 Å². The summed E-state index contributed by atoms with van der Waals surface area (Å²) in [6.45, 7) is 10.3. The highest BCUT2D eigenvalue weighted by atomic mass is 32.1. The average molecular weight is 385 g/mol. The molecular weight excluding hydrogens is 360 g/mol. The third kappa shape index (κ3) is 3.84. The largest absolute Gasteiger partial charge is 0.473 e. The van der Waals surface area contributed by atoms with Crippen LogP contribution in [-0.4, -0.2) is 42.2 Å². The molecule has 1 aromatic carbocycles. The highest BCUT2D eigenvalue weighted by molar-refractivity contribution is 7.80. The zero-order chi connectivity index (χ0) is 19.0. The van der Waals surface area contributed by atoms with Crippen molar-refractivity contribution in [2.45, 2.75) is 44.5 Å². The predicted molar refractivity (Wildman–Crippen MR) is 103 cm³/mol. The maximum Gasteiger partial charge on any atom is 0.271 e. The number of rotatable bonds is 5. The third-order valence-corrected chi connectivity index (χ3v) is 9.82. The standard InChI is InChI=1S/C16H24N2O5SSi/c1-15(2,3)25(4,5)22-10-16(9-19)14(24)17-12-8-11(18(20)21)6-7-13(12)23-16/h6-8,19H,9-10H2,1-5H3,(H,17,24). The Balaban J connectivity index is 2.27. The minimum absolute atomic E-state index is 0.00583. The lowest BCUT2D eigenvalue weighted by atomic mass is 10.0. The Bertz CT molecular complexity index is 704. The molecule has 2 N–H and O–H groups in total. The maximum absolute atomic E-state index is 10.9. The van der Waals surface area contributed by atoms with Crippen molar-refractivity contribution in [3.8, 4) is 5.75 Å². The number of aliphatic hydroxyl groups is 1. The van der Waals surface area contributed by atoms with Crippen molar-refractivity contribution >= 4 is 36.9 Å². The van der Waals surface area contributed by atoms with Crippen LogP contribution in [0.2, 0.25) is 18.1 Å². The van der Waals surface area contributed by atoms with Crippen LogP contribution in [0, 0.1) is 10.1 Å². The van der Waals surface area contributed by atoms with Gasteiger partial charge in [-0.15, -0.1) is 0 Å². The summed E-state index contributed by atoms with van der Waals surface area (Å²) in [6.07, 6.45) is 0.